The first-order valence-electron chi connectivity index (χ1n) is 6.18. The third kappa shape index (κ3) is 2.49. The summed E-state index contributed by atoms with van der Waals surface area (Å²) in [7, 11) is 0. The SMILES string of the molecule is CC1CNC(c2cc(Br)c3c(c2)OCCO3)SC1. The van der Waals surface area contributed by atoms with Gasteiger partial charge >= 0.3 is 0 Å². The zero-order chi connectivity index (χ0) is 12.5. The zero-order valence-electron chi connectivity index (χ0n) is 10.2. The van der Waals surface area contributed by atoms with E-state index in [2.05, 4.69) is 40.3 Å². The summed E-state index contributed by atoms with van der Waals surface area (Å²) in [6, 6.07) is 4.23. The lowest BCUT2D eigenvalue weighted by atomic mass is 10.1. The van der Waals surface area contributed by atoms with Crippen LogP contribution in [0.5, 0.6) is 11.5 Å². The molecule has 98 valence electrons. The van der Waals surface area contributed by atoms with Crippen LogP contribution in [0, 0.1) is 5.92 Å². The summed E-state index contributed by atoms with van der Waals surface area (Å²) in [5, 5.41) is 3.92. The maximum atomic E-state index is 5.66. The van der Waals surface area contributed by atoms with E-state index in [1.807, 2.05) is 11.8 Å². The molecule has 5 heteroatoms. The van der Waals surface area contributed by atoms with Crippen LogP contribution in [0.1, 0.15) is 17.9 Å². The third-order valence-electron chi connectivity index (χ3n) is 3.12. The molecule has 0 radical (unpaired) electrons. The van der Waals surface area contributed by atoms with Crippen LogP contribution in [-0.4, -0.2) is 25.5 Å². The Balaban J connectivity index is 1.86. The smallest absolute Gasteiger partial charge is 0.175 e. The lowest BCUT2D eigenvalue weighted by molar-refractivity contribution is 0.170. The first kappa shape index (κ1) is 12.6. The minimum Gasteiger partial charge on any atom is -0.486 e. The molecule has 3 rings (SSSR count). The van der Waals surface area contributed by atoms with Crippen LogP contribution in [0.3, 0.4) is 0 Å². The number of benzene rings is 1. The monoisotopic (exact) mass is 329 g/mol. The number of rotatable bonds is 1. The molecule has 1 aromatic carbocycles. The molecule has 2 heterocycles. The van der Waals surface area contributed by atoms with Crippen LogP contribution in [0.15, 0.2) is 16.6 Å². The molecular formula is C13H16BrNO2S. The molecule has 1 N–H and O–H groups in total. The lowest BCUT2D eigenvalue weighted by Gasteiger charge is -2.29. The van der Waals surface area contributed by atoms with E-state index in [0.717, 1.165) is 28.4 Å². The molecule has 0 amide bonds. The Morgan fingerprint density at radius 3 is 2.94 bits per heavy atom. The molecule has 2 aliphatic rings. The van der Waals surface area contributed by atoms with Gasteiger partial charge in [0.1, 0.15) is 13.2 Å². The average Bonchev–Trinajstić information content (AvgIpc) is 2.39. The lowest BCUT2D eigenvalue weighted by Crippen LogP contribution is -2.31. The van der Waals surface area contributed by atoms with Crippen molar-refractivity contribution in [3.05, 3.63) is 22.2 Å². The molecule has 2 aliphatic heterocycles. The van der Waals surface area contributed by atoms with Gasteiger partial charge in [0.25, 0.3) is 0 Å². The number of hydrogen-bond acceptors (Lipinski definition) is 4. The first-order valence-corrected chi connectivity index (χ1v) is 8.02. The molecule has 2 unspecified atom stereocenters. The standard InChI is InChI=1S/C13H16BrNO2S/c1-8-6-15-13(18-7-8)9-4-10(14)12-11(5-9)16-2-3-17-12/h4-5,8,13,15H,2-3,6-7H2,1H3. The van der Waals surface area contributed by atoms with Gasteiger partial charge in [-0.1, -0.05) is 6.92 Å². The summed E-state index contributed by atoms with van der Waals surface area (Å²) in [5.41, 5.74) is 1.25. The van der Waals surface area contributed by atoms with E-state index in [4.69, 9.17) is 9.47 Å². The number of hydrogen-bond donors (Lipinski definition) is 1. The van der Waals surface area contributed by atoms with Gasteiger partial charge in [-0.2, -0.15) is 0 Å². The Bertz CT molecular complexity index is 447. The van der Waals surface area contributed by atoms with E-state index >= 15 is 0 Å². The van der Waals surface area contributed by atoms with Crippen LogP contribution >= 0.6 is 27.7 Å². The molecule has 2 atom stereocenters. The molecule has 1 aromatic rings. The molecular weight excluding hydrogens is 314 g/mol. The fourth-order valence-electron chi connectivity index (χ4n) is 2.18. The average molecular weight is 330 g/mol. The number of ether oxygens (including phenoxy) is 2. The maximum absolute atomic E-state index is 5.66. The van der Waals surface area contributed by atoms with E-state index < -0.39 is 0 Å². The van der Waals surface area contributed by atoms with Gasteiger partial charge in [0.2, 0.25) is 0 Å². The Kier molecular flexibility index (Phi) is 3.73. The Morgan fingerprint density at radius 2 is 2.17 bits per heavy atom. The fraction of sp³-hybridized carbons (Fsp3) is 0.538. The topological polar surface area (TPSA) is 30.5 Å². The third-order valence-corrected chi connectivity index (χ3v) is 5.24. The second-order valence-corrected chi connectivity index (χ2v) is 6.75. The highest BCUT2D eigenvalue weighted by molar-refractivity contribution is 9.10. The van der Waals surface area contributed by atoms with Crippen LogP contribution in [0.2, 0.25) is 0 Å². The number of thioether (sulfide) groups is 1. The zero-order valence-corrected chi connectivity index (χ0v) is 12.6. The molecule has 0 spiro atoms. The van der Waals surface area contributed by atoms with Crippen LogP contribution in [0.25, 0.3) is 0 Å². The van der Waals surface area contributed by atoms with E-state index in [9.17, 15) is 0 Å². The second kappa shape index (κ2) is 5.31. The molecule has 18 heavy (non-hydrogen) atoms. The van der Waals surface area contributed by atoms with Crippen molar-refractivity contribution in [2.45, 2.75) is 12.3 Å². The largest absolute Gasteiger partial charge is 0.486 e. The predicted molar refractivity (Wildman–Crippen MR) is 77.5 cm³/mol. The quantitative estimate of drug-likeness (QED) is 0.857. The van der Waals surface area contributed by atoms with E-state index in [1.54, 1.807) is 0 Å². The first-order chi connectivity index (χ1) is 8.74. The summed E-state index contributed by atoms with van der Waals surface area (Å²) in [6.45, 7) is 4.60. The molecule has 3 nitrogen and oxygen atoms in total. The van der Waals surface area contributed by atoms with Crippen molar-refractivity contribution < 1.29 is 9.47 Å². The molecule has 0 saturated carbocycles. The summed E-state index contributed by atoms with van der Waals surface area (Å²) >= 11 is 5.52. The van der Waals surface area contributed by atoms with E-state index in [-0.39, 0.29) is 0 Å². The summed E-state index contributed by atoms with van der Waals surface area (Å²) in [6.07, 6.45) is 0. The highest BCUT2D eigenvalue weighted by Crippen LogP contribution is 2.42. The van der Waals surface area contributed by atoms with Crippen LogP contribution in [-0.2, 0) is 0 Å². The predicted octanol–water partition coefficient (Wildman–Crippen LogP) is 3.19. The van der Waals surface area contributed by atoms with Crippen molar-refractivity contribution in [1.29, 1.82) is 0 Å². The van der Waals surface area contributed by atoms with Crippen molar-refractivity contribution >= 4 is 27.7 Å². The second-order valence-electron chi connectivity index (χ2n) is 4.75. The molecule has 1 saturated heterocycles. The summed E-state index contributed by atoms with van der Waals surface area (Å²) in [5.74, 6) is 3.63. The van der Waals surface area contributed by atoms with Crippen molar-refractivity contribution in [1.82, 2.24) is 5.32 Å². The van der Waals surface area contributed by atoms with Crippen molar-refractivity contribution in [2.24, 2.45) is 5.92 Å². The summed E-state index contributed by atoms with van der Waals surface area (Å²) in [4.78, 5) is 0. The number of halogens is 1. The Labute approximate surface area is 120 Å². The van der Waals surface area contributed by atoms with Gasteiger partial charge in [-0.05, 0) is 51.8 Å². The Hall–Kier alpha value is -0.390. The van der Waals surface area contributed by atoms with Gasteiger partial charge < -0.3 is 14.8 Å². The van der Waals surface area contributed by atoms with Gasteiger partial charge in [0.05, 0.1) is 9.85 Å². The van der Waals surface area contributed by atoms with Crippen LogP contribution in [0.4, 0.5) is 0 Å². The maximum Gasteiger partial charge on any atom is 0.175 e. The highest BCUT2D eigenvalue weighted by atomic mass is 79.9. The molecule has 0 bridgehead atoms. The Morgan fingerprint density at radius 1 is 1.33 bits per heavy atom. The van der Waals surface area contributed by atoms with Crippen molar-refractivity contribution in [3.8, 4) is 11.5 Å². The van der Waals surface area contributed by atoms with Gasteiger partial charge in [0, 0.05) is 0 Å². The number of nitrogens with one attached hydrogen (secondary N) is 1. The molecule has 1 fully saturated rings. The van der Waals surface area contributed by atoms with Gasteiger partial charge in [-0.25, -0.2) is 0 Å². The highest BCUT2D eigenvalue weighted by Gasteiger charge is 2.23. The minimum absolute atomic E-state index is 0.355. The van der Waals surface area contributed by atoms with Gasteiger partial charge in [-0.15, -0.1) is 11.8 Å². The van der Waals surface area contributed by atoms with Gasteiger partial charge in [0.15, 0.2) is 11.5 Å². The van der Waals surface area contributed by atoms with Gasteiger partial charge in [-0.3, -0.25) is 0 Å². The summed E-state index contributed by atoms with van der Waals surface area (Å²) < 4.78 is 12.3. The van der Waals surface area contributed by atoms with Crippen molar-refractivity contribution in [2.75, 3.05) is 25.5 Å². The molecule has 0 aliphatic carbocycles. The molecule has 0 aromatic heterocycles. The van der Waals surface area contributed by atoms with E-state index in [1.165, 1.54) is 11.3 Å². The van der Waals surface area contributed by atoms with E-state index in [0.29, 0.717) is 18.6 Å². The fourth-order valence-corrected chi connectivity index (χ4v) is 3.94. The van der Waals surface area contributed by atoms with Crippen LogP contribution < -0.4 is 14.8 Å². The minimum atomic E-state index is 0.355. The van der Waals surface area contributed by atoms with Crippen molar-refractivity contribution in [3.63, 3.8) is 0 Å². The number of fused-ring (bicyclic) bond motifs is 1. The normalized spacial score (nSPS) is 27.0.